The number of ether oxygens (including phenoxy) is 3. The van der Waals surface area contributed by atoms with Gasteiger partial charge in [0, 0.05) is 12.3 Å². The molecule has 17 heavy (non-hydrogen) atoms. The minimum Gasteiger partial charge on any atom is -0.497 e. The Morgan fingerprint density at radius 2 is 2.06 bits per heavy atom. The summed E-state index contributed by atoms with van der Waals surface area (Å²) in [6.07, 6.45) is -0.109. The maximum atomic E-state index is 11.7. The highest BCUT2D eigenvalue weighted by atomic mass is 16.7. The molecule has 2 aliphatic rings. The van der Waals surface area contributed by atoms with Gasteiger partial charge in [0.05, 0.1) is 19.8 Å². The van der Waals surface area contributed by atoms with E-state index >= 15 is 0 Å². The first-order chi connectivity index (χ1) is 8.28. The molecule has 3 atom stereocenters. The minimum atomic E-state index is -0.616. The van der Waals surface area contributed by atoms with Gasteiger partial charge in [0.1, 0.15) is 5.75 Å². The van der Waals surface area contributed by atoms with Crippen molar-refractivity contribution < 1.29 is 19.0 Å². The first kappa shape index (κ1) is 10.7. The minimum absolute atomic E-state index is 0.00564. The molecule has 0 N–H and O–H groups in total. The van der Waals surface area contributed by atoms with Gasteiger partial charge in [-0.1, -0.05) is 12.1 Å². The fraction of sp³-hybridized carbons (Fsp3) is 0.462. The second-order valence-corrected chi connectivity index (χ2v) is 4.39. The van der Waals surface area contributed by atoms with E-state index in [1.807, 2.05) is 24.3 Å². The number of methoxy groups -OCH3 is 1. The van der Waals surface area contributed by atoms with Crippen LogP contribution in [0.4, 0.5) is 0 Å². The maximum absolute atomic E-state index is 11.7. The molecule has 4 heteroatoms. The average molecular weight is 234 g/mol. The van der Waals surface area contributed by atoms with Crippen molar-refractivity contribution >= 4 is 5.78 Å². The number of hydrogen-bond acceptors (Lipinski definition) is 4. The zero-order valence-electron chi connectivity index (χ0n) is 9.59. The highest BCUT2D eigenvalue weighted by molar-refractivity contribution is 5.84. The lowest BCUT2D eigenvalue weighted by atomic mass is 9.88. The predicted octanol–water partition coefficient (Wildman–Crippen LogP) is 1.49. The molecule has 2 aliphatic heterocycles. The van der Waals surface area contributed by atoms with Gasteiger partial charge in [0.25, 0.3) is 0 Å². The van der Waals surface area contributed by atoms with Crippen molar-refractivity contribution in [1.29, 1.82) is 0 Å². The van der Waals surface area contributed by atoms with Gasteiger partial charge in [0.2, 0.25) is 6.29 Å². The van der Waals surface area contributed by atoms with E-state index in [2.05, 4.69) is 0 Å². The van der Waals surface area contributed by atoms with Crippen LogP contribution < -0.4 is 4.74 Å². The molecule has 2 bridgehead atoms. The van der Waals surface area contributed by atoms with Gasteiger partial charge >= 0.3 is 0 Å². The molecule has 2 saturated heterocycles. The van der Waals surface area contributed by atoms with Crippen molar-refractivity contribution in [2.75, 3.05) is 13.7 Å². The zero-order valence-corrected chi connectivity index (χ0v) is 9.59. The highest BCUT2D eigenvalue weighted by Gasteiger charge is 2.43. The number of carbonyl (C=O) groups excluding carboxylic acids is 1. The Morgan fingerprint density at radius 3 is 2.76 bits per heavy atom. The fourth-order valence-electron chi connectivity index (χ4n) is 2.43. The third-order valence-electron chi connectivity index (χ3n) is 3.39. The Morgan fingerprint density at radius 1 is 1.29 bits per heavy atom. The molecule has 0 spiro atoms. The summed E-state index contributed by atoms with van der Waals surface area (Å²) in [5.41, 5.74) is 1.10. The summed E-state index contributed by atoms with van der Waals surface area (Å²) in [6.45, 7) is 0.507. The van der Waals surface area contributed by atoms with E-state index in [9.17, 15) is 4.79 Å². The number of fused-ring (bicyclic) bond motifs is 2. The first-order valence-corrected chi connectivity index (χ1v) is 5.71. The monoisotopic (exact) mass is 234 g/mol. The van der Waals surface area contributed by atoms with Gasteiger partial charge < -0.3 is 14.2 Å². The van der Waals surface area contributed by atoms with Gasteiger partial charge in [-0.05, 0) is 17.7 Å². The fourth-order valence-corrected chi connectivity index (χ4v) is 2.43. The van der Waals surface area contributed by atoms with E-state index in [1.165, 1.54) is 0 Å². The third-order valence-corrected chi connectivity index (χ3v) is 3.39. The Balaban J connectivity index is 1.85. The first-order valence-electron chi connectivity index (χ1n) is 5.71. The summed E-state index contributed by atoms with van der Waals surface area (Å²) in [5.74, 6) is 0.962. The standard InChI is InChI=1S/C13H14O4/c1-15-9-4-2-8(3-5-9)10-6-11(14)13-16-7-12(10)17-13/h2-5,10,12-13H,6-7H2,1H3/t10-,12-,13-/m1/s1. The van der Waals surface area contributed by atoms with E-state index in [0.717, 1.165) is 11.3 Å². The molecule has 2 heterocycles. The van der Waals surface area contributed by atoms with Crippen molar-refractivity contribution in [3.05, 3.63) is 29.8 Å². The molecular formula is C13H14O4. The lowest BCUT2D eigenvalue weighted by Crippen LogP contribution is -2.34. The molecule has 0 aliphatic carbocycles. The number of benzene rings is 1. The molecule has 0 unspecified atom stereocenters. The summed E-state index contributed by atoms with van der Waals surface area (Å²) >= 11 is 0. The summed E-state index contributed by atoms with van der Waals surface area (Å²) < 4.78 is 15.9. The number of ketones is 1. The van der Waals surface area contributed by atoms with Crippen LogP contribution in [0, 0.1) is 0 Å². The lowest BCUT2D eigenvalue weighted by Gasteiger charge is -2.26. The van der Waals surface area contributed by atoms with Crippen molar-refractivity contribution in [2.45, 2.75) is 24.7 Å². The van der Waals surface area contributed by atoms with Crippen LogP contribution in [0.5, 0.6) is 5.75 Å². The van der Waals surface area contributed by atoms with Crippen LogP contribution in [0.25, 0.3) is 0 Å². The molecule has 1 aromatic rings. The van der Waals surface area contributed by atoms with E-state index in [-0.39, 0.29) is 17.8 Å². The van der Waals surface area contributed by atoms with Gasteiger partial charge in [0.15, 0.2) is 5.78 Å². The molecule has 90 valence electrons. The van der Waals surface area contributed by atoms with Crippen molar-refractivity contribution in [1.82, 2.24) is 0 Å². The summed E-state index contributed by atoms with van der Waals surface area (Å²) in [5, 5.41) is 0. The largest absolute Gasteiger partial charge is 0.497 e. The maximum Gasteiger partial charge on any atom is 0.218 e. The van der Waals surface area contributed by atoms with Crippen molar-refractivity contribution in [3.8, 4) is 5.75 Å². The second kappa shape index (κ2) is 4.13. The van der Waals surface area contributed by atoms with E-state index in [1.54, 1.807) is 7.11 Å². The van der Waals surface area contributed by atoms with Crippen molar-refractivity contribution in [2.24, 2.45) is 0 Å². The van der Waals surface area contributed by atoms with Gasteiger partial charge in [-0.3, -0.25) is 4.79 Å². The van der Waals surface area contributed by atoms with Crippen LogP contribution in [0.2, 0.25) is 0 Å². The molecule has 3 rings (SSSR count). The predicted molar refractivity (Wildman–Crippen MR) is 60.0 cm³/mol. The van der Waals surface area contributed by atoms with Crippen LogP contribution in [0.3, 0.4) is 0 Å². The van der Waals surface area contributed by atoms with E-state index < -0.39 is 6.29 Å². The Hall–Kier alpha value is -1.39. The zero-order chi connectivity index (χ0) is 11.8. The molecule has 0 aromatic heterocycles. The Kier molecular flexibility index (Phi) is 2.61. The quantitative estimate of drug-likeness (QED) is 0.777. The number of Topliss-reactive ketones (excluding diaryl/α,β-unsaturated/α-hetero) is 1. The Labute approximate surface area is 99.5 Å². The van der Waals surface area contributed by atoms with Crippen LogP contribution in [-0.4, -0.2) is 31.9 Å². The van der Waals surface area contributed by atoms with Crippen LogP contribution >= 0.6 is 0 Å². The van der Waals surface area contributed by atoms with E-state index in [0.29, 0.717) is 13.0 Å². The van der Waals surface area contributed by atoms with Gasteiger partial charge in [-0.25, -0.2) is 0 Å². The number of carbonyl (C=O) groups is 1. The normalized spacial score (nSPS) is 31.6. The smallest absolute Gasteiger partial charge is 0.218 e. The third kappa shape index (κ3) is 1.83. The van der Waals surface area contributed by atoms with E-state index in [4.69, 9.17) is 14.2 Å². The summed E-state index contributed by atoms with van der Waals surface area (Å²) in [6, 6.07) is 7.78. The SMILES string of the molecule is COc1ccc([C@H]2CC(=O)[C@@H]3OC[C@H]2O3)cc1. The molecule has 2 fully saturated rings. The van der Waals surface area contributed by atoms with Crippen LogP contribution in [0.1, 0.15) is 17.9 Å². The summed E-state index contributed by atoms with van der Waals surface area (Å²) in [7, 11) is 1.64. The molecule has 0 saturated carbocycles. The van der Waals surface area contributed by atoms with Crippen molar-refractivity contribution in [3.63, 3.8) is 0 Å². The lowest BCUT2D eigenvalue weighted by molar-refractivity contribution is -0.154. The number of rotatable bonds is 2. The number of hydrogen-bond donors (Lipinski definition) is 0. The topological polar surface area (TPSA) is 44.8 Å². The average Bonchev–Trinajstić information content (AvgIpc) is 2.80. The molecule has 4 nitrogen and oxygen atoms in total. The van der Waals surface area contributed by atoms with Crippen LogP contribution in [0.15, 0.2) is 24.3 Å². The molecule has 0 amide bonds. The van der Waals surface area contributed by atoms with Gasteiger partial charge in [-0.15, -0.1) is 0 Å². The Bertz CT molecular complexity index is 426. The highest BCUT2D eigenvalue weighted by Crippen LogP contribution is 2.36. The summed E-state index contributed by atoms with van der Waals surface area (Å²) in [4.78, 5) is 11.7. The second-order valence-electron chi connectivity index (χ2n) is 4.39. The molecule has 1 aromatic carbocycles. The molecular weight excluding hydrogens is 220 g/mol. The van der Waals surface area contributed by atoms with Gasteiger partial charge in [-0.2, -0.15) is 0 Å². The van der Waals surface area contributed by atoms with Crippen LogP contribution in [-0.2, 0) is 14.3 Å². The molecule has 0 radical (unpaired) electrons.